The SMILES string of the molecule is C=C[C@@]1(C)CC(=O)C23OC(=O)O[C@H]4CCC(C)(C)C([C@H](O)[C@H](OC(C)=O)[C@@]2(C)O1)[C@]43C. The summed E-state index contributed by atoms with van der Waals surface area (Å²) >= 11 is 0. The summed E-state index contributed by atoms with van der Waals surface area (Å²) < 4.78 is 23.6. The number of ether oxygens (including phenoxy) is 4. The number of hydrogen-bond acceptors (Lipinski definition) is 8. The first-order valence-corrected chi connectivity index (χ1v) is 10.8. The number of hydrogen-bond donors (Lipinski definition) is 1. The molecule has 4 fully saturated rings. The third-order valence-electron chi connectivity index (χ3n) is 8.41. The molecule has 8 atom stereocenters. The molecule has 0 aromatic heterocycles. The van der Waals surface area contributed by atoms with Crippen LogP contribution in [0.4, 0.5) is 4.79 Å². The minimum Gasteiger partial charge on any atom is -0.457 e. The molecule has 0 bridgehead atoms. The van der Waals surface area contributed by atoms with Gasteiger partial charge in [0, 0.05) is 19.3 Å². The van der Waals surface area contributed by atoms with E-state index in [2.05, 4.69) is 6.58 Å². The van der Waals surface area contributed by atoms with Gasteiger partial charge < -0.3 is 24.1 Å². The fraction of sp³-hybridized carbons (Fsp3) is 0.783. The van der Waals surface area contributed by atoms with Gasteiger partial charge in [-0.25, -0.2) is 4.79 Å². The number of ketones is 1. The number of carbonyl (C=O) groups excluding carboxylic acids is 3. The molecule has 4 rings (SSSR count). The molecule has 2 saturated heterocycles. The van der Waals surface area contributed by atoms with Gasteiger partial charge in [-0.1, -0.05) is 26.8 Å². The molecule has 31 heavy (non-hydrogen) atoms. The first-order valence-electron chi connectivity index (χ1n) is 10.8. The fourth-order valence-electron chi connectivity index (χ4n) is 7.33. The van der Waals surface area contributed by atoms with Crippen molar-refractivity contribution in [2.45, 2.75) is 95.9 Å². The van der Waals surface area contributed by atoms with Gasteiger partial charge in [0.1, 0.15) is 6.10 Å². The Balaban J connectivity index is 2.05. The van der Waals surface area contributed by atoms with Crippen LogP contribution in [0.3, 0.4) is 0 Å². The molecule has 4 aliphatic rings. The zero-order valence-electron chi connectivity index (χ0n) is 19.0. The second kappa shape index (κ2) is 6.32. The molecular weight excluding hydrogens is 404 g/mol. The van der Waals surface area contributed by atoms with Crippen molar-refractivity contribution in [2.24, 2.45) is 16.7 Å². The molecule has 1 spiro atoms. The lowest BCUT2D eigenvalue weighted by atomic mass is 9.39. The van der Waals surface area contributed by atoms with E-state index in [-0.39, 0.29) is 12.2 Å². The van der Waals surface area contributed by atoms with Crippen LogP contribution < -0.4 is 0 Å². The number of aliphatic hydroxyl groups is 1. The number of Topliss-reactive ketones (excluding diaryl/α,β-unsaturated/α-hetero) is 1. The molecule has 1 N–H and O–H groups in total. The van der Waals surface area contributed by atoms with Crippen molar-refractivity contribution >= 4 is 17.9 Å². The van der Waals surface area contributed by atoms with Gasteiger partial charge in [-0.3, -0.25) is 9.59 Å². The monoisotopic (exact) mass is 436 g/mol. The predicted octanol–water partition coefficient (Wildman–Crippen LogP) is 2.70. The molecule has 2 aliphatic carbocycles. The molecule has 2 heterocycles. The van der Waals surface area contributed by atoms with Crippen LogP contribution >= 0.6 is 0 Å². The highest BCUT2D eigenvalue weighted by Gasteiger charge is 2.85. The molecule has 2 saturated carbocycles. The van der Waals surface area contributed by atoms with Gasteiger partial charge in [-0.05, 0) is 32.1 Å². The maximum Gasteiger partial charge on any atom is 0.509 e. The summed E-state index contributed by atoms with van der Waals surface area (Å²) in [5, 5.41) is 11.7. The van der Waals surface area contributed by atoms with Crippen LogP contribution in [-0.2, 0) is 28.5 Å². The predicted molar refractivity (Wildman–Crippen MR) is 108 cm³/mol. The van der Waals surface area contributed by atoms with Gasteiger partial charge in [0.15, 0.2) is 17.5 Å². The van der Waals surface area contributed by atoms with Crippen molar-refractivity contribution in [1.82, 2.24) is 0 Å². The first kappa shape index (κ1) is 22.3. The summed E-state index contributed by atoms with van der Waals surface area (Å²) in [6.07, 6.45) is -1.41. The van der Waals surface area contributed by atoms with E-state index in [1.54, 1.807) is 13.8 Å². The fourth-order valence-corrected chi connectivity index (χ4v) is 7.33. The second-order valence-electron chi connectivity index (χ2n) is 10.8. The smallest absolute Gasteiger partial charge is 0.457 e. The van der Waals surface area contributed by atoms with E-state index in [1.807, 2.05) is 20.8 Å². The summed E-state index contributed by atoms with van der Waals surface area (Å²) in [5.74, 6) is -1.54. The highest BCUT2D eigenvalue weighted by molar-refractivity contribution is 5.95. The molecule has 8 nitrogen and oxygen atoms in total. The second-order valence-corrected chi connectivity index (χ2v) is 10.8. The van der Waals surface area contributed by atoms with Crippen LogP contribution in [0.5, 0.6) is 0 Å². The lowest BCUT2D eigenvalue weighted by Crippen LogP contribution is -2.89. The Kier molecular flexibility index (Phi) is 4.54. The molecule has 172 valence electrons. The summed E-state index contributed by atoms with van der Waals surface area (Å²) in [7, 11) is 0. The highest BCUT2D eigenvalue weighted by Crippen LogP contribution is 2.70. The van der Waals surface area contributed by atoms with Crippen molar-refractivity contribution in [1.29, 1.82) is 0 Å². The van der Waals surface area contributed by atoms with Crippen LogP contribution in [0.25, 0.3) is 0 Å². The molecule has 2 aliphatic heterocycles. The van der Waals surface area contributed by atoms with Crippen molar-refractivity contribution in [2.75, 3.05) is 0 Å². The van der Waals surface area contributed by atoms with Crippen molar-refractivity contribution < 1.29 is 38.4 Å². The molecule has 2 unspecified atom stereocenters. The van der Waals surface area contributed by atoms with Gasteiger partial charge in [0.25, 0.3) is 0 Å². The van der Waals surface area contributed by atoms with E-state index in [9.17, 15) is 19.5 Å². The zero-order chi connectivity index (χ0) is 23.2. The Morgan fingerprint density at radius 3 is 2.45 bits per heavy atom. The Morgan fingerprint density at radius 1 is 1.23 bits per heavy atom. The summed E-state index contributed by atoms with van der Waals surface area (Å²) in [5.41, 5.74) is -6.11. The van der Waals surface area contributed by atoms with Crippen molar-refractivity contribution in [3.63, 3.8) is 0 Å². The van der Waals surface area contributed by atoms with E-state index in [0.29, 0.717) is 12.8 Å². The summed E-state index contributed by atoms with van der Waals surface area (Å²) in [6.45, 7) is 14.2. The third kappa shape index (κ3) is 2.52. The summed E-state index contributed by atoms with van der Waals surface area (Å²) in [6, 6.07) is 0. The van der Waals surface area contributed by atoms with Crippen LogP contribution in [0.15, 0.2) is 12.7 Å². The average molecular weight is 437 g/mol. The maximum atomic E-state index is 14.0. The minimum absolute atomic E-state index is 0.0717. The number of esters is 1. The molecule has 0 amide bonds. The van der Waals surface area contributed by atoms with Crippen LogP contribution in [-0.4, -0.2) is 58.1 Å². The van der Waals surface area contributed by atoms with Crippen molar-refractivity contribution in [3.05, 3.63) is 12.7 Å². The van der Waals surface area contributed by atoms with Gasteiger partial charge in [-0.2, -0.15) is 0 Å². The third-order valence-corrected chi connectivity index (χ3v) is 8.41. The lowest BCUT2D eigenvalue weighted by molar-refractivity contribution is -0.386. The molecule has 0 radical (unpaired) electrons. The molecular formula is C23H32O8. The standard InChI is InChI=1S/C23H32O8/c1-8-20(5)11-13(25)23-21(6)14(29-18(27)30-23)9-10-19(3,4)16(21)15(26)17(28-12(2)24)22(23,7)31-20/h8,14-17,26H,1,9-11H2,2-7H3/t14-,15-,16?,17-,20-,21-,22+,23?/m0/s1. The Hall–Kier alpha value is -1.93. The Labute approximate surface area is 182 Å². The lowest BCUT2D eigenvalue weighted by Gasteiger charge is -2.72. The van der Waals surface area contributed by atoms with Crippen LogP contribution in [0.1, 0.15) is 60.8 Å². The van der Waals surface area contributed by atoms with Gasteiger partial charge in [0.2, 0.25) is 5.60 Å². The average Bonchev–Trinajstić information content (AvgIpc) is 2.63. The van der Waals surface area contributed by atoms with Gasteiger partial charge >= 0.3 is 12.1 Å². The molecule has 8 heteroatoms. The van der Waals surface area contributed by atoms with Crippen LogP contribution in [0.2, 0.25) is 0 Å². The zero-order valence-corrected chi connectivity index (χ0v) is 19.0. The number of rotatable bonds is 2. The molecule has 0 aromatic carbocycles. The van der Waals surface area contributed by atoms with Crippen LogP contribution in [0, 0.1) is 16.7 Å². The van der Waals surface area contributed by atoms with E-state index in [0.717, 1.165) is 0 Å². The summed E-state index contributed by atoms with van der Waals surface area (Å²) in [4.78, 5) is 38.8. The first-order chi connectivity index (χ1) is 14.2. The number of carbonyl (C=O) groups is 3. The normalized spacial score (nSPS) is 50.3. The topological polar surface area (TPSA) is 108 Å². The van der Waals surface area contributed by atoms with Crippen molar-refractivity contribution in [3.8, 4) is 0 Å². The van der Waals surface area contributed by atoms with E-state index < -0.39 is 64.0 Å². The van der Waals surface area contributed by atoms with Gasteiger partial charge in [-0.15, -0.1) is 6.58 Å². The quantitative estimate of drug-likeness (QED) is 0.520. The Morgan fingerprint density at radius 2 is 1.87 bits per heavy atom. The largest absolute Gasteiger partial charge is 0.509 e. The highest BCUT2D eigenvalue weighted by atomic mass is 16.8. The van der Waals surface area contributed by atoms with E-state index in [4.69, 9.17) is 18.9 Å². The van der Waals surface area contributed by atoms with E-state index in [1.165, 1.54) is 13.0 Å². The number of aliphatic hydroxyl groups excluding tert-OH is 1. The maximum absolute atomic E-state index is 14.0. The van der Waals surface area contributed by atoms with E-state index >= 15 is 0 Å². The molecule has 0 aromatic rings. The minimum atomic E-state index is -1.80. The Bertz CT molecular complexity index is 866. The van der Waals surface area contributed by atoms with Gasteiger partial charge in [0.05, 0.1) is 17.1 Å².